The van der Waals surface area contributed by atoms with Gasteiger partial charge in [0.25, 0.3) is 0 Å². The number of ether oxygens (including phenoxy) is 2. The number of hydrogen-bond donors (Lipinski definition) is 0. The quantitative estimate of drug-likeness (QED) is 0.618. The van der Waals surface area contributed by atoms with Crippen LogP contribution in [0.2, 0.25) is 0 Å². The first-order valence-electron chi connectivity index (χ1n) is 6.49. The number of esters is 1. The fourth-order valence-corrected chi connectivity index (χ4v) is 2.03. The number of aryl methyl sites for hydroxylation is 1. The molecule has 4 nitrogen and oxygen atoms in total. The number of pyridine rings is 1. The highest BCUT2D eigenvalue weighted by Crippen LogP contribution is 2.28. The van der Waals surface area contributed by atoms with Gasteiger partial charge in [-0.1, -0.05) is 30.9 Å². The number of aromatic nitrogens is 1. The third-order valence-corrected chi connectivity index (χ3v) is 2.94. The van der Waals surface area contributed by atoms with Gasteiger partial charge in [0.1, 0.15) is 12.2 Å². The third kappa shape index (κ3) is 2.64. The molecule has 0 unspecified atom stereocenters. The van der Waals surface area contributed by atoms with E-state index in [0.717, 1.165) is 16.5 Å². The topological polar surface area (TPSA) is 48.4 Å². The van der Waals surface area contributed by atoms with Crippen molar-refractivity contribution in [1.82, 2.24) is 4.98 Å². The van der Waals surface area contributed by atoms with Crippen molar-refractivity contribution in [2.45, 2.75) is 13.8 Å². The Morgan fingerprint density at radius 3 is 2.85 bits per heavy atom. The van der Waals surface area contributed by atoms with Crippen LogP contribution >= 0.6 is 0 Å². The van der Waals surface area contributed by atoms with E-state index < -0.39 is 5.97 Å². The van der Waals surface area contributed by atoms with Crippen molar-refractivity contribution in [3.8, 4) is 5.88 Å². The van der Waals surface area contributed by atoms with Gasteiger partial charge in [0.05, 0.1) is 12.1 Å². The molecule has 0 amide bonds. The average Bonchev–Trinajstić information content (AvgIpc) is 2.45. The lowest BCUT2D eigenvalue weighted by Gasteiger charge is -2.13. The summed E-state index contributed by atoms with van der Waals surface area (Å²) in [7, 11) is 0. The monoisotopic (exact) mass is 271 g/mol. The van der Waals surface area contributed by atoms with Gasteiger partial charge in [-0.2, -0.15) is 0 Å². The van der Waals surface area contributed by atoms with Gasteiger partial charge in [-0.05, 0) is 25.5 Å². The number of nitrogens with zero attached hydrogens (tertiary/aromatic N) is 1. The maximum absolute atomic E-state index is 12.1. The molecule has 0 saturated heterocycles. The van der Waals surface area contributed by atoms with Gasteiger partial charge in [-0.15, -0.1) is 0 Å². The van der Waals surface area contributed by atoms with E-state index in [4.69, 9.17) is 9.47 Å². The predicted molar refractivity (Wildman–Crippen MR) is 78.1 cm³/mol. The lowest BCUT2D eigenvalue weighted by atomic mass is 10.0. The highest BCUT2D eigenvalue weighted by molar-refractivity contribution is 5.99. The maximum atomic E-state index is 12.1. The molecule has 20 heavy (non-hydrogen) atoms. The van der Waals surface area contributed by atoms with Crippen LogP contribution in [0.1, 0.15) is 22.8 Å². The van der Waals surface area contributed by atoms with Crippen molar-refractivity contribution in [2.75, 3.05) is 13.2 Å². The van der Waals surface area contributed by atoms with Crippen LogP contribution in [-0.2, 0) is 4.74 Å². The zero-order valence-corrected chi connectivity index (χ0v) is 11.7. The lowest BCUT2D eigenvalue weighted by Crippen LogP contribution is -2.12. The van der Waals surface area contributed by atoms with E-state index in [2.05, 4.69) is 11.6 Å². The highest BCUT2D eigenvalue weighted by Gasteiger charge is 2.20. The molecular weight excluding hydrogens is 254 g/mol. The van der Waals surface area contributed by atoms with Gasteiger partial charge in [-0.25, -0.2) is 9.78 Å². The first kappa shape index (κ1) is 14.1. The molecule has 0 aliphatic heterocycles. The fraction of sp³-hybridized carbons (Fsp3) is 0.250. The summed E-state index contributed by atoms with van der Waals surface area (Å²) < 4.78 is 10.6. The minimum atomic E-state index is -0.415. The first-order chi connectivity index (χ1) is 9.69. The van der Waals surface area contributed by atoms with Crippen LogP contribution in [0, 0.1) is 6.92 Å². The van der Waals surface area contributed by atoms with Gasteiger partial charge < -0.3 is 9.47 Å². The van der Waals surface area contributed by atoms with Gasteiger partial charge in [0.15, 0.2) is 0 Å². The Balaban J connectivity index is 2.62. The van der Waals surface area contributed by atoms with E-state index in [9.17, 15) is 4.79 Å². The molecule has 0 aliphatic carbocycles. The van der Waals surface area contributed by atoms with Crippen molar-refractivity contribution in [2.24, 2.45) is 0 Å². The summed E-state index contributed by atoms with van der Waals surface area (Å²) in [5.74, 6) is -0.123. The summed E-state index contributed by atoms with van der Waals surface area (Å²) in [6, 6.07) is 7.63. The minimum Gasteiger partial charge on any atom is -0.473 e. The molecule has 2 rings (SSSR count). The van der Waals surface area contributed by atoms with E-state index in [0.29, 0.717) is 18.1 Å². The largest absolute Gasteiger partial charge is 0.473 e. The molecule has 0 spiro atoms. The lowest BCUT2D eigenvalue weighted by molar-refractivity contribution is 0.0520. The summed E-state index contributed by atoms with van der Waals surface area (Å²) in [5, 5.41) is 0.918. The number of benzene rings is 1. The smallest absolute Gasteiger partial charge is 0.343 e. The molecule has 0 aliphatic rings. The van der Waals surface area contributed by atoms with Crippen molar-refractivity contribution in [1.29, 1.82) is 0 Å². The summed E-state index contributed by atoms with van der Waals surface area (Å²) in [6.07, 6.45) is 1.61. The van der Waals surface area contributed by atoms with Crippen LogP contribution in [0.25, 0.3) is 10.9 Å². The number of carbonyl (C=O) groups is 1. The highest BCUT2D eigenvalue weighted by atomic mass is 16.5. The Morgan fingerprint density at radius 2 is 2.15 bits per heavy atom. The molecule has 2 aromatic rings. The van der Waals surface area contributed by atoms with Gasteiger partial charge in [0.2, 0.25) is 5.88 Å². The molecule has 1 aromatic carbocycles. The zero-order chi connectivity index (χ0) is 14.5. The summed E-state index contributed by atoms with van der Waals surface area (Å²) in [5.41, 5.74) is 1.98. The number of para-hydroxylation sites is 1. The molecule has 1 aromatic heterocycles. The van der Waals surface area contributed by atoms with Crippen molar-refractivity contribution < 1.29 is 14.3 Å². The fourth-order valence-electron chi connectivity index (χ4n) is 2.03. The third-order valence-electron chi connectivity index (χ3n) is 2.94. The van der Waals surface area contributed by atoms with Crippen LogP contribution in [-0.4, -0.2) is 24.2 Å². The van der Waals surface area contributed by atoms with Crippen LogP contribution < -0.4 is 4.74 Å². The standard InChI is InChI=1S/C16H17NO3/c1-4-10-20-15-14(16(18)19-5-2)11(3)12-8-6-7-9-13(12)17-15/h4,6-9H,1,5,10H2,2-3H3. The molecule has 0 saturated carbocycles. The van der Waals surface area contributed by atoms with Gasteiger partial charge in [0, 0.05) is 5.39 Å². The molecule has 0 bridgehead atoms. The van der Waals surface area contributed by atoms with Crippen LogP contribution in [0.15, 0.2) is 36.9 Å². The number of carbonyl (C=O) groups excluding carboxylic acids is 1. The number of fused-ring (bicyclic) bond motifs is 1. The molecule has 0 atom stereocenters. The Bertz CT molecular complexity index is 649. The predicted octanol–water partition coefficient (Wildman–Crippen LogP) is 3.28. The molecular formula is C16H17NO3. The van der Waals surface area contributed by atoms with E-state index in [1.807, 2.05) is 31.2 Å². The van der Waals surface area contributed by atoms with Gasteiger partial charge in [-0.3, -0.25) is 0 Å². The summed E-state index contributed by atoms with van der Waals surface area (Å²) >= 11 is 0. The van der Waals surface area contributed by atoms with E-state index in [1.54, 1.807) is 13.0 Å². The Hall–Kier alpha value is -2.36. The van der Waals surface area contributed by atoms with Gasteiger partial charge >= 0.3 is 5.97 Å². The number of hydrogen-bond acceptors (Lipinski definition) is 4. The minimum absolute atomic E-state index is 0.289. The van der Waals surface area contributed by atoms with Crippen molar-refractivity contribution >= 4 is 16.9 Å². The van der Waals surface area contributed by atoms with Crippen molar-refractivity contribution in [3.63, 3.8) is 0 Å². The summed E-state index contributed by atoms with van der Waals surface area (Å²) in [6.45, 7) is 7.84. The van der Waals surface area contributed by atoms with E-state index in [-0.39, 0.29) is 6.61 Å². The maximum Gasteiger partial charge on any atom is 0.343 e. The molecule has 0 radical (unpaired) electrons. The first-order valence-corrected chi connectivity index (χ1v) is 6.49. The van der Waals surface area contributed by atoms with Crippen LogP contribution in [0.3, 0.4) is 0 Å². The van der Waals surface area contributed by atoms with Crippen LogP contribution in [0.5, 0.6) is 5.88 Å². The molecule has 4 heteroatoms. The second-order valence-corrected chi connectivity index (χ2v) is 4.25. The average molecular weight is 271 g/mol. The molecule has 104 valence electrons. The van der Waals surface area contributed by atoms with Crippen molar-refractivity contribution in [3.05, 3.63) is 48.0 Å². The second kappa shape index (κ2) is 6.19. The molecule has 0 N–H and O–H groups in total. The summed E-state index contributed by atoms with van der Waals surface area (Å²) in [4.78, 5) is 16.5. The Labute approximate surface area is 118 Å². The van der Waals surface area contributed by atoms with E-state index in [1.165, 1.54) is 0 Å². The zero-order valence-electron chi connectivity index (χ0n) is 11.7. The molecule has 1 heterocycles. The Morgan fingerprint density at radius 1 is 1.40 bits per heavy atom. The Kier molecular flexibility index (Phi) is 4.35. The SMILES string of the molecule is C=CCOc1nc2ccccc2c(C)c1C(=O)OCC. The number of rotatable bonds is 5. The van der Waals surface area contributed by atoms with E-state index >= 15 is 0 Å². The van der Waals surface area contributed by atoms with Crippen LogP contribution in [0.4, 0.5) is 0 Å². The molecule has 0 fully saturated rings. The normalized spacial score (nSPS) is 10.3. The second-order valence-electron chi connectivity index (χ2n) is 4.25.